The van der Waals surface area contributed by atoms with Crippen LogP contribution in [0, 0.1) is 3.57 Å². The number of carboxylic acids is 1. The summed E-state index contributed by atoms with van der Waals surface area (Å²) in [6.45, 7) is 1.44. The van der Waals surface area contributed by atoms with Gasteiger partial charge >= 0.3 is 12.1 Å². The van der Waals surface area contributed by atoms with Crippen LogP contribution in [0.5, 0.6) is 11.5 Å². The number of carbonyl (C=O) groups is 3. The number of amides is 1. The first kappa shape index (κ1) is 25.8. The first-order valence-electron chi connectivity index (χ1n) is 10.4. The van der Waals surface area contributed by atoms with Crippen molar-refractivity contribution in [1.29, 1.82) is 0 Å². The summed E-state index contributed by atoms with van der Waals surface area (Å²) in [5, 5.41) is 22.3. The van der Waals surface area contributed by atoms with E-state index in [1.54, 1.807) is 66.7 Å². The topological polar surface area (TPSA) is 122 Å². The molecule has 0 saturated heterocycles. The number of rotatable bonds is 9. The van der Waals surface area contributed by atoms with E-state index in [0.29, 0.717) is 17.0 Å². The van der Waals surface area contributed by atoms with Crippen LogP contribution >= 0.6 is 22.6 Å². The number of aliphatic carboxylic acids is 1. The van der Waals surface area contributed by atoms with E-state index in [1.807, 2.05) is 22.6 Å². The van der Waals surface area contributed by atoms with Gasteiger partial charge in [-0.05, 0) is 90.2 Å². The molecule has 9 heteroatoms. The molecule has 3 N–H and O–H groups in total. The maximum atomic E-state index is 12.8. The lowest BCUT2D eigenvalue weighted by atomic mass is 10.0. The fourth-order valence-electron chi connectivity index (χ4n) is 3.15. The minimum absolute atomic E-state index is 0.112. The number of aromatic hydroxyl groups is 1. The molecular weight excluding hydrogens is 565 g/mol. The zero-order valence-corrected chi connectivity index (χ0v) is 20.7. The molecule has 0 unspecified atom stereocenters. The van der Waals surface area contributed by atoms with Gasteiger partial charge in [-0.1, -0.05) is 18.2 Å². The molecule has 1 amide bonds. The highest BCUT2D eigenvalue weighted by molar-refractivity contribution is 14.1. The summed E-state index contributed by atoms with van der Waals surface area (Å²) >= 11 is 2.05. The molecule has 35 heavy (non-hydrogen) atoms. The minimum atomic E-state index is -1.22. The number of anilines is 1. The van der Waals surface area contributed by atoms with Crippen LogP contribution in [0.4, 0.5) is 10.5 Å². The molecule has 0 aliphatic heterocycles. The standard InChI is InChI=1S/C26H22INO7/c1-16(29)17-7-10-19(11-8-17)28-26(33)35-25(21-15-18(27)9-12-22(21)30)23(13-14-24(31)32)34-20-5-3-2-4-6-20/h2-15,23,25,30H,1H3,(H,28,33)(H,31,32)/b14-13+/t23-,25-/m1/s1. The molecule has 0 bridgehead atoms. The van der Waals surface area contributed by atoms with Crippen LogP contribution in [0.1, 0.15) is 28.9 Å². The van der Waals surface area contributed by atoms with Crippen molar-refractivity contribution in [2.75, 3.05) is 5.32 Å². The SMILES string of the molecule is CC(=O)c1ccc(NC(=O)O[C@H](c2cc(I)ccc2O)[C@@H](/C=C/C(=O)O)Oc2ccccc2)cc1. The van der Waals surface area contributed by atoms with Crippen molar-refractivity contribution in [2.24, 2.45) is 0 Å². The van der Waals surface area contributed by atoms with Crippen LogP contribution in [-0.2, 0) is 9.53 Å². The van der Waals surface area contributed by atoms with E-state index in [9.17, 15) is 24.6 Å². The lowest BCUT2D eigenvalue weighted by molar-refractivity contribution is -0.131. The quantitative estimate of drug-likeness (QED) is 0.170. The summed E-state index contributed by atoms with van der Waals surface area (Å²) in [5.74, 6) is -1.07. The number of hydrogen-bond acceptors (Lipinski definition) is 6. The number of benzene rings is 3. The predicted octanol–water partition coefficient (Wildman–Crippen LogP) is 5.58. The first-order chi connectivity index (χ1) is 16.7. The Hall–Kier alpha value is -3.86. The van der Waals surface area contributed by atoms with Crippen molar-refractivity contribution in [1.82, 2.24) is 0 Å². The maximum absolute atomic E-state index is 12.8. The fraction of sp³-hybridized carbons (Fsp3) is 0.115. The summed E-state index contributed by atoms with van der Waals surface area (Å²) in [5.41, 5.74) is 1.10. The van der Waals surface area contributed by atoms with Crippen LogP contribution in [0.3, 0.4) is 0 Å². The lowest BCUT2D eigenvalue weighted by Crippen LogP contribution is -2.30. The highest BCUT2D eigenvalue weighted by Crippen LogP contribution is 2.34. The molecule has 0 aliphatic rings. The number of carboxylic acid groups (broad SMARTS) is 1. The van der Waals surface area contributed by atoms with E-state index in [2.05, 4.69) is 5.32 Å². The second-order valence-electron chi connectivity index (χ2n) is 7.38. The van der Waals surface area contributed by atoms with Crippen molar-refractivity contribution in [3.63, 3.8) is 0 Å². The van der Waals surface area contributed by atoms with Gasteiger partial charge in [0.25, 0.3) is 0 Å². The van der Waals surface area contributed by atoms with Crippen LogP contribution in [0.25, 0.3) is 0 Å². The van der Waals surface area contributed by atoms with E-state index in [1.165, 1.54) is 19.1 Å². The van der Waals surface area contributed by atoms with E-state index < -0.39 is 24.3 Å². The number of nitrogens with one attached hydrogen (secondary N) is 1. The highest BCUT2D eigenvalue weighted by atomic mass is 127. The molecule has 0 spiro atoms. The van der Waals surface area contributed by atoms with Gasteiger partial charge in [0, 0.05) is 26.5 Å². The third-order valence-electron chi connectivity index (χ3n) is 4.81. The molecule has 0 heterocycles. The summed E-state index contributed by atoms with van der Waals surface area (Å²) < 4.78 is 12.4. The van der Waals surface area contributed by atoms with Gasteiger partial charge in [0.1, 0.15) is 11.5 Å². The average molecular weight is 587 g/mol. The number of ether oxygens (including phenoxy) is 2. The van der Waals surface area contributed by atoms with Gasteiger partial charge in [-0.15, -0.1) is 0 Å². The zero-order valence-electron chi connectivity index (χ0n) is 18.6. The summed E-state index contributed by atoms with van der Waals surface area (Å²) in [6, 6.07) is 19.6. The van der Waals surface area contributed by atoms with Gasteiger partial charge in [-0.25, -0.2) is 9.59 Å². The van der Waals surface area contributed by atoms with Gasteiger partial charge in [0.15, 0.2) is 18.0 Å². The molecule has 3 rings (SSSR count). The van der Waals surface area contributed by atoms with Crippen LogP contribution in [0.2, 0.25) is 0 Å². The van der Waals surface area contributed by atoms with Gasteiger partial charge in [-0.3, -0.25) is 10.1 Å². The largest absolute Gasteiger partial charge is 0.508 e. The Bertz CT molecular complexity index is 1230. The average Bonchev–Trinajstić information content (AvgIpc) is 2.83. The molecule has 3 aromatic carbocycles. The number of halogens is 1. The molecule has 180 valence electrons. The van der Waals surface area contributed by atoms with Crippen molar-refractivity contribution in [2.45, 2.75) is 19.1 Å². The van der Waals surface area contributed by atoms with Crippen LogP contribution in [-0.4, -0.2) is 34.2 Å². The minimum Gasteiger partial charge on any atom is -0.508 e. The third-order valence-corrected chi connectivity index (χ3v) is 5.48. The number of phenols is 1. The zero-order chi connectivity index (χ0) is 25.4. The van der Waals surface area contributed by atoms with Gasteiger partial charge in [0.2, 0.25) is 0 Å². The Labute approximate surface area is 215 Å². The first-order valence-corrected chi connectivity index (χ1v) is 11.5. The Kier molecular flexibility index (Phi) is 8.85. The predicted molar refractivity (Wildman–Crippen MR) is 138 cm³/mol. The molecule has 2 atom stereocenters. The van der Waals surface area contributed by atoms with Crippen molar-refractivity contribution < 1.29 is 34.1 Å². The molecule has 0 aromatic heterocycles. The van der Waals surface area contributed by atoms with E-state index in [4.69, 9.17) is 9.47 Å². The van der Waals surface area contributed by atoms with E-state index in [-0.39, 0.29) is 17.1 Å². The second kappa shape index (κ2) is 12.0. The molecule has 0 aliphatic carbocycles. The van der Waals surface area contributed by atoms with Crippen LogP contribution in [0.15, 0.2) is 84.9 Å². The van der Waals surface area contributed by atoms with E-state index >= 15 is 0 Å². The number of para-hydroxylation sites is 1. The Morgan fingerprint density at radius 3 is 2.31 bits per heavy atom. The Balaban J connectivity index is 1.94. The molecule has 3 aromatic rings. The number of ketones is 1. The van der Waals surface area contributed by atoms with Crippen molar-refractivity contribution in [3.8, 4) is 11.5 Å². The second-order valence-corrected chi connectivity index (χ2v) is 8.63. The smallest absolute Gasteiger partial charge is 0.412 e. The lowest BCUT2D eigenvalue weighted by Gasteiger charge is -2.27. The van der Waals surface area contributed by atoms with Crippen LogP contribution < -0.4 is 10.1 Å². The summed E-state index contributed by atoms with van der Waals surface area (Å²) in [6.07, 6.45) is -1.05. The molecule has 0 saturated carbocycles. The van der Waals surface area contributed by atoms with Crippen molar-refractivity contribution in [3.05, 3.63) is 99.6 Å². The van der Waals surface area contributed by atoms with Gasteiger partial charge in [-0.2, -0.15) is 0 Å². The maximum Gasteiger partial charge on any atom is 0.412 e. The molecular formula is C26H22INO7. The van der Waals surface area contributed by atoms with E-state index in [0.717, 1.165) is 9.65 Å². The summed E-state index contributed by atoms with van der Waals surface area (Å²) in [7, 11) is 0. The Morgan fingerprint density at radius 2 is 1.69 bits per heavy atom. The Morgan fingerprint density at radius 1 is 1.00 bits per heavy atom. The number of Topliss-reactive ketones (excluding diaryl/α,β-unsaturated/α-hetero) is 1. The monoisotopic (exact) mass is 587 g/mol. The molecule has 0 fully saturated rings. The number of phenolic OH excluding ortho intramolecular Hbond substituents is 1. The molecule has 8 nitrogen and oxygen atoms in total. The fourth-order valence-corrected chi connectivity index (χ4v) is 3.66. The van der Waals surface area contributed by atoms with Gasteiger partial charge < -0.3 is 19.7 Å². The summed E-state index contributed by atoms with van der Waals surface area (Å²) in [4.78, 5) is 35.5. The number of carbonyl (C=O) groups excluding carboxylic acids is 2. The number of hydrogen-bond donors (Lipinski definition) is 3. The molecule has 0 radical (unpaired) electrons. The normalized spacial score (nSPS) is 12.5. The van der Waals surface area contributed by atoms with Crippen molar-refractivity contribution >= 4 is 46.1 Å². The third kappa shape index (κ3) is 7.57. The highest BCUT2D eigenvalue weighted by Gasteiger charge is 2.30. The van der Waals surface area contributed by atoms with Gasteiger partial charge in [0.05, 0.1) is 0 Å².